The molecule has 2 aromatic heterocycles. The van der Waals surface area contributed by atoms with Gasteiger partial charge in [0.05, 0.1) is 17.6 Å². The van der Waals surface area contributed by atoms with Crippen LogP contribution in [0, 0.1) is 6.92 Å². The molecule has 2 aliphatic carbocycles. The molecule has 2 saturated carbocycles. The van der Waals surface area contributed by atoms with Crippen molar-refractivity contribution in [3.05, 3.63) is 72.1 Å². The number of nitrogens with one attached hydrogen (secondary N) is 2. The molecule has 0 saturated heterocycles. The van der Waals surface area contributed by atoms with E-state index in [0.29, 0.717) is 11.8 Å². The fourth-order valence-corrected chi connectivity index (χ4v) is 5.71. The lowest BCUT2D eigenvalue weighted by Crippen LogP contribution is -1.94. The van der Waals surface area contributed by atoms with Crippen LogP contribution < -0.4 is 0 Å². The van der Waals surface area contributed by atoms with Crippen LogP contribution in [0.2, 0.25) is 0 Å². The van der Waals surface area contributed by atoms with E-state index in [2.05, 4.69) is 70.4 Å². The normalized spacial score (nSPS) is 17.2. The fourth-order valence-electron chi connectivity index (χ4n) is 5.71. The molecule has 168 valence electrons. The van der Waals surface area contributed by atoms with Gasteiger partial charge in [-0.3, -0.25) is 0 Å². The molecule has 4 nitrogen and oxygen atoms in total. The molecule has 2 aliphatic rings. The zero-order valence-corrected chi connectivity index (χ0v) is 19.4. The first-order chi connectivity index (χ1) is 16.2. The van der Waals surface area contributed by atoms with Crippen molar-refractivity contribution in [1.82, 2.24) is 19.9 Å². The first-order valence-electron chi connectivity index (χ1n) is 12.6. The van der Waals surface area contributed by atoms with Crippen LogP contribution in [0.25, 0.3) is 33.6 Å². The first-order valence-corrected chi connectivity index (χ1v) is 12.6. The molecule has 0 atom stereocenters. The number of benzene rings is 2. The lowest BCUT2D eigenvalue weighted by atomic mass is 10.0. The molecule has 2 heterocycles. The number of aryl methyl sites for hydroxylation is 1. The summed E-state index contributed by atoms with van der Waals surface area (Å²) in [5.41, 5.74) is 8.22. The van der Waals surface area contributed by atoms with E-state index in [-0.39, 0.29) is 0 Å². The van der Waals surface area contributed by atoms with E-state index in [0.717, 1.165) is 17.2 Å². The molecular weight excluding hydrogens is 404 g/mol. The third-order valence-electron chi connectivity index (χ3n) is 7.67. The summed E-state index contributed by atoms with van der Waals surface area (Å²) in [6, 6.07) is 17.6. The van der Waals surface area contributed by atoms with E-state index in [4.69, 9.17) is 4.98 Å². The van der Waals surface area contributed by atoms with Crippen molar-refractivity contribution in [3.8, 4) is 33.6 Å². The Morgan fingerprint density at radius 1 is 0.636 bits per heavy atom. The number of aromatic amines is 2. The molecule has 2 fully saturated rings. The molecule has 0 amide bonds. The van der Waals surface area contributed by atoms with E-state index in [1.807, 2.05) is 6.20 Å². The minimum absolute atomic E-state index is 0.611. The maximum atomic E-state index is 4.98. The average Bonchev–Trinajstić information content (AvgIpc) is 3.66. The molecule has 0 bridgehead atoms. The highest BCUT2D eigenvalue weighted by molar-refractivity contribution is 5.72. The van der Waals surface area contributed by atoms with Gasteiger partial charge in [0.2, 0.25) is 0 Å². The number of rotatable bonds is 5. The monoisotopic (exact) mass is 436 g/mol. The maximum Gasteiger partial charge on any atom is 0.110 e. The van der Waals surface area contributed by atoms with E-state index >= 15 is 0 Å². The Balaban J connectivity index is 1.19. The van der Waals surface area contributed by atoms with E-state index in [1.165, 1.54) is 85.1 Å². The van der Waals surface area contributed by atoms with Crippen LogP contribution in [0.3, 0.4) is 0 Å². The molecular formula is C29H32N4. The fraction of sp³-hybridized carbons (Fsp3) is 0.379. The molecule has 0 unspecified atom stereocenters. The summed E-state index contributed by atoms with van der Waals surface area (Å²) in [5, 5.41) is 0. The molecule has 2 aromatic carbocycles. The number of aromatic nitrogens is 4. The summed E-state index contributed by atoms with van der Waals surface area (Å²) in [5.74, 6) is 3.56. The smallest absolute Gasteiger partial charge is 0.110 e. The Bertz CT molecular complexity index is 1220. The van der Waals surface area contributed by atoms with Crippen molar-refractivity contribution in [2.45, 2.75) is 70.1 Å². The van der Waals surface area contributed by atoms with Gasteiger partial charge in [0.15, 0.2) is 0 Å². The van der Waals surface area contributed by atoms with Crippen molar-refractivity contribution in [2.75, 3.05) is 0 Å². The maximum absolute atomic E-state index is 4.98. The molecule has 33 heavy (non-hydrogen) atoms. The minimum Gasteiger partial charge on any atom is -0.345 e. The second-order valence-corrected chi connectivity index (χ2v) is 9.90. The van der Waals surface area contributed by atoms with Gasteiger partial charge in [0.25, 0.3) is 0 Å². The lowest BCUT2D eigenvalue weighted by molar-refractivity contribution is 0.677. The quantitative estimate of drug-likeness (QED) is 0.336. The van der Waals surface area contributed by atoms with Gasteiger partial charge < -0.3 is 9.97 Å². The topological polar surface area (TPSA) is 57.4 Å². The van der Waals surface area contributed by atoms with Gasteiger partial charge in [-0.05, 0) is 49.3 Å². The molecule has 0 aliphatic heterocycles. The third kappa shape index (κ3) is 4.03. The highest BCUT2D eigenvalue weighted by Gasteiger charge is 2.22. The van der Waals surface area contributed by atoms with Gasteiger partial charge in [0, 0.05) is 23.1 Å². The molecule has 0 spiro atoms. The standard InChI is InChI=1S/C29H32N4/c1-19-27(33-29(31-19)25-8-4-5-9-25)23-16-12-21(13-17-23)20-10-14-22(15-11-20)26-18-30-28(32-26)24-6-2-3-7-24/h10-18,24-25H,2-9H2,1H3,(H,30,32)(H,31,33). The zero-order valence-electron chi connectivity index (χ0n) is 19.4. The van der Waals surface area contributed by atoms with E-state index < -0.39 is 0 Å². The van der Waals surface area contributed by atoms with Crippen LogP contribution in [-0.4, -0.2) is 19.9 Å². The Kier molecular flexibility index (Phi) is 5.37. The van der Waals surface area contributed by atoms with Crippen molar-refractivity contribution >= 4 is 0 Å². The van der Waals surface area contributed by atoms with Gasteiger partial charge in [0.1, 0.15) is 11.6 Å². The number of H-pyrrole nitrogens is 2. The van der Waals surface area contributed by atoms with Gasteiger partial charge in [-0.15, -0.1) is 0 Å². The number of imidazole rings is 2. The highest BCUT2D eigenvalue weighted by atomic mass is 14.9. The highest BCUT2D eigenvalue weighted by Crippen LogP contribution is 2.36. The summed E-state index contributed by atoms with van der Waals surface area (Å²) in [7, 11) is 0. The second kappa shape index (κ2) is 8.66. The molecule has 2 N–H and O–H groups in total. The number of nitrogens with zero attached hydrogens (tertiary/aromatic N) is 2. The van der Waals surface area contributed by atoms with Crippen LogP contribution in [0.4, 0.5) is 0 Å². The molecule has 6 rings (SSSR count). The molecule has 4 aromatic rings. The average molecular weight is 437 g/mol. The van der Waals surface area contributed by atoms with Crippen molar-refractivity contribution in [3.63, 3.8) is 0 Å². The van der Waals surface area contributed by atoms with Crippen molar-refractivity contribution < 1.29 is 0 Å². The summed E-state index contributed by atoms with van der Waals surface area (Å²) >= 11 is 0. The minimum atomic E-state index is 0.611. The number of hydrogen-bond donors (Lipinski definition) is 2. The van der Waals surface area contributed by atoms with Gasteiger partial charge in [-0.25, -0.2) is 9.97 Å². The van der Waals surface area contributed by atoms with Crippen LogP contribution in [-0.2, 0) is 0 Å². The lowest BCUT2D eigenvalue weighted by Gasteiger charge is -2.06. The predicted octanol–water partition coefficient (Wildman–Crippen LogP) is 7.76. The number of hydrogen-bond acceptors (Lipinski definition) is 2. The Hall–Kier alpha value is -3.14. The summed E-state index contributed by atoms with van der Waals surface area (Å²) < 4.78 is 0. The van der Waals surface area contributed by atoms with Gasteiger partial charge >= 0.3 is 0 Å². The predicted molar refractivity (Wildman–Crippen MR) is 134 cm³/mol. The van der Waals surface area contributed by atoms with Gasteiger partial charge in [-0.2, -0.15) is 0 Å². The van der Waals surface area contributed by atoms with E-state index in [9.17, 15) is 0 Å². The SMILES string of the molecule is Cc1[nH]c(C2CCCC2)nc1-c1ccc(-c2ccc(-c3cnc(C4CCCC4)[nH]3)cc2)cc1. The van der Waals surface area contributed by atoms with Crippen LogP contribution >= 0.6 is 0 Å². The van der Waals surface area contributed by atoms with Crippen LogP contribution in [0.1, 0.15) is 80.5 Å². The van der Waals surface area contributed by atoms with Gasteiger partial charge in [-0.1, -0.05) is 74.2 Å². The Labute approximate surface area is 195 Å². The van der Waals surface area contributed by atoms with Crippen molar-refractivity contribution in [2.24, 2.45) is 0 Å². The van der Waals surface area contributed by atoms with E-state index in [1.54, 1.807) is 0 Å². The summed E-state index contributed by atoms with van der Waals surface area (Å²) in [6.45, 7) is 2.14. The first kappa shape index (κ1) is 20.5. The Morgan fingerprint density at radius 3 is 1.76 bits per heavy atom. The third-order valence-corrected chi connectivity index (χ3v) is 7.67. The van der Waals surface area contributed by atoms with Crippen LogP contribution in [0.5, 0.6) is 0 Å². The molecule has 4 heteroatoms. The largest absolute Gasteiger partial charge is 0.345 e. The zero-order chi connectivity index (χ0) is 22.2. The van der Waals surface area contributed by atoms with Crippen LogP contribution in [0.15, 0.2) is 54.7 Å². The van der Waals surface area contributed by atoms with Crippen molar-refractivity contribution in [1.29, 1.82) is 0 Å². The molecule has 0 radical (unpaired) electrons. The second-order valence-electron chi connectivity index (χ2n) is 9.90. The summed E-state index contributed by atoms with van der Waals surface area (Å²) in [4.78, 5) is 16.8. The summed E-state index contributed by atoms with van der Waals surface area (Å²) in [6.07, 6.45) is 12.4. The Morgan fingerprint density at radius 2 is 1.15 bits per heavy atom.